The van der Waals surface area contributed by atoms with Crippen LogP contribution in [0.3, 0.4) is 0 Å². The Labute approximate surface area is 219 Å². The summed E-state index contributed by atoms with van der Waals surface area (Å²) >= 11 is 7.17. The minimum absolute atomic E-state index is 0.0559. The zero-order chi connectivity index (χ0) is 20.7. The maximum atomic E-state index is 6.09. The summed E-state index contributed by atoms with van der Waals surface area (Å²) in [6.45, 7) is 0.583. The van der Waals surface area contributed by atoms with Crippen LogP contribution in [0.4, 0.5) is 0 Å². The molecule has 0 unspecified atom stereocenters. The third-order valence-electron chi connectivity index (χ3n) is 5.01. The van der Waals surface area contributed by atoms with E-state index in [1.165, 1.54) is 41.3 Å². The fourth-order valence-electron chi connectivity index (χ4n) is 3.64. The highest BCUT2D eigenvalue weighted by Crippen LogP contribution is 2.48. The molecule has 0 radical (unpaired) electrons. The first kappa shape index (κ1) is 21.0. The second-order valence-corrected chi connectivity index (χ2v) is 12.3. The molecule has 5 rings (SSSR count). The van der Waals surface area contributed by atoms with Crippen LogP contribution in [0.2, 0.25) is 0 Å². The second kappa shape index (κ2) is 8.91. The Balaban J connectivity index is 1.46. The lowest BCUT2D eigenvalue weighted by molar-refractivity contribution is 0.306. The fraction of sp³-hybridized carbons (Fsp3) is 0.0400. The fourth-order valence-corrected chi connectivity index (χ4v) is 8.22. The van der Waals surface area contributed by atoms with Crippen molar-refractivity contribution in [2.75, 3.05) is 0 Å². The smallest absolute Gasteiger partial charge is 0.187 e. The Hall–Kier alpha value is -0.910. The summed E-state index contributed by atoms with van der Waals surface area (Å²) in [4.78, 5) is 1.33. The number of halogens is 3. The molecule has 5 heteroatoms. The van der Waals surface area contributed by atoms with Crippen molar-refractivity contribution in [3.8, 4) is 10.6 Å². The summed E-state index contributed by atoms with van der Waals surface area (Å²) in [6.07, 6.45) is 0. The molecule has 0 fully saturated rings. The third-order valence-corrected chi connectivity index (χ3v) is 12.3. The number of ether oxygens (including phenoxy) is 1. The van der Waals surface area contributed by atoms with E-state index in [1.54, 1.807) is 0 Å². The Morgan fingerprint density at radius 1 is 0.667 bits per heavy atom. The maximum Gasteiger partial charge on any atom is 0.187 e. The van der Waals surface area contributed by atoms with Gasteiger partial charge in [-0.3, -0.25) is 0 Å². The van der Waals surface area contributed by atoms with Gasteiger partial charge >= 0.3 is 0 Å². The van der Waals surface area contributed by atoms with Gasteiger partial charge in [0.05, 0.1) is 0 Å². The Kier molecular flexibility index (Phi) is 6.23. The van der Waals surface area contributed by atoms with Gasteiger partial charge in [0.1, 0.15) is 12.4 Å². The first-order chi connectivity index (χ1) is 14.6. The maximum absolute atomic E-state index is 6.09. The lowest BCUT2D eigenvalue weighted by Crippen LogP contribution is -1.98. The van der Waals surface area contributed by atoms with E-state index >= 15 is 0 Å². The molecule has 0 bridgehead atoms. The van der Waals surface area contributed by atoms with Crippen molar-refractivity contribution in [1.82, 2.24) is 0 Å². The van der Waals surface area contributed by atoms with E-state index in [0.717, 1.165) is 5.75 Å². The van der Waals surface area contributed by atoms with E-state index in [4.69, 9.17) is 4.74 Å². The van der Waals surface area contributed by atoms with E-state index in [-0.39, 0.29) is 10.5 Å². The van der Waals surface area contributed by atoms with Crippen LogP contribution in [0.5, 0.6) is 5.75 Å². The van der Waals surface area contributed by atoms with E-state index in [0.29, 0.717) is 6.61 Å². The molecule has 0 amide bonds. The van der Waals surface area contributed by atoms with Crippen molar-refractivity contribution < 1.29 is 4.74 Å². The molecule has 0 saturated carbocycles. The minimum Gasteiger partial charge on any atom is -0.489 e. The van der Waals surface area contributed by atoms with Gasteiger partial charge in [0.25, 0.3) is 0 Å². The first-order valence-corrected chi connectivity index (χ1v) is 13.9. The number of rotatable bonds is 4. The predicted octanol–water partition coefficient (Wildman–Crippen LogP) is 9.12. The van der Waals surface area contributed by atoms with Crippen molar-refractivity contribution in [2.45, 2.75) is 6.61 Å². The molecular weight excluding hydrogens is 729 g/mol. The Morgan fingerprint density at radius 3 is 1.77 bits per heavy atom. The van der Waals surface area contributed by atoms with Gasteiger partial charge in [-0.2, -0.15) is 0 Å². The number of fused-ring (bicyclic) bond motifs is 3. The molecule has 0 spiro atoms. The lowest BCUT2D eigenvalue weighted by atomic mass is 10.2. The average molecular weight is 745 g/mol. The van der Waals surface area contributed by atoms with Crippen LogP contribution < -0.4 is 4.74 Å². The van der Waals surface area contributed by atoms with Gasteiger partial charge < -0.3 is 4.74 Å². The number of thiophene rings is 1. The molecule has 0 aliphatic carbocycles. The van der Waals surface area contributed by atoms with Crippen molar-refractivity contribution >= 4 is 98.4 Å². The van der Waals surface area contributed by atoms with Gasteiger partial charge in [-0.05, 0) is 122 Å². The zero-order valence-corrected chi connectivity index (χ0v) is 23.0. The van der Waals surface area contributed by atoms with Gasteiger partial charge in [0.2, 0.25) is 0 Å². The van der Waals surface area contributed by atoms with E-state index < -0.39 is 0 Å². The van der Waals surface area contributed by atoms with Gasteiger partial charge in [0.15, 0.2) is 14.3 Å². The molecule has 30 heavy (non-hydrogen) atoms. The predicted molar refractivity (Wildman–Crippen MR) is 154 cm³/mol. The normalized spacial score (nSPS) is 11.3. The summed E-state index contributed by atoms with van der Waals surface area (Å²) in [5.41, 5.74) is 1.20. The van der Waals surface area contributed by atoms with Crippen LogP contribution in [-0.2, 0) is 6.61 Å². The monoisotopic (exact) mass is 745 g/mol. The van der Waals surface area contributed by atoms with Crippen molar-refractivity contribution in [2.24, 2.45) is 0 Å². The van der Waals surface area contributed by atoms with Crippen LogP contribution in [0.1, 0.15) is 5.56 Å². The molecule has 1 nitrogen and oxygen atoms in total. The molecular formula is C25H16I3OS+. The summed E-state index contributed by atoms with van der Waals surface area (Å²) in [5.74, 6) is 0.909. The van der Waals surface area contributed by atoms with Crippen molar-refractivity contribution in [1.29, 1.82) is 0 Å². The van der Waals surface area contributed by atoms with Crippen LogP contribution in [0.25, 0.3) is 25.1 Å². The Morgan fingerprint density at radius 2 is 1.20 bits per heavy atom. The second-order valence-electron chi connectivity index (χ2n) is 6.93. The number of hydrogen-bond donors (Lipinski definition) is 0. The molecule has 0 N–H and O–H groups in total. The molecule has 0 atom stereocenters. The third kappa shape index (κ3) is 3.98. The zero-order valence-electron chi connectivity index (χ0n) is 15.7. The van der Waals surface area contributed by atoms with E-state index in [9.17, 15) is 0 Å². The summed E-state index contributed by atoms with van der Waals surface area (Å²) < 4.78 is 12.8. The number of benzene rings is 4. The summed E-state index contributed by atoms with van der Waals surface area (Å²) in [6, 6.07) is 30.6. The van der Waals surface area contributed by atoms with Crippen LogP contribution in [0, 0.1) is 10.7 Å². The van der Waals surface area contributed by atoms with Gasteiger partial charge in [0, 0.05) is 44.1 Å². The molecule has 5 aromatic rings. The van der Waals surface area contributed by atoms with E-state index in [1.807, 2.05) is 0 Å². The van der Waals surface area contributed by atoms with Crippen LogP contribution in [-0.4, -0.2) is 0 Å². The SMILES string of the molecule is Ic1cc(COc2ccc(-[s+]3c4ccccc4c4ccccc43)cc2)cc(I)c1I. The van der Waals surface area contributed by atoms with E-state index in [2.05, 4.69) is 153 Å². The summed E-state index contributed by atoms with van der Waals surface area (Å²) in [7, 11) is -0.0559. The molecule has 0 aliphatic rings. The van der Waals surface area contributed by atoms with Crippen LogP contribution in [0.15, 0.2) is 84.9 Å². The molecule has 0 aliphatic heterocycles. The lowest BCUT2D eigenvalue weighted by Gasteiger charge is -2.09. The summed E-state index contributed by atoms with van der Waals surface area (Å²) in [5, 5.41) is 2.72. The quantitative estimate of drug-likeness (QED) is 0.101. The van der Waals surface area contributed by atoms with Gasteiger partial charge in [-0.1, -0.05) is 24.3 Å². The number of hydrogen-bond acceptors (Lipinski definition) is 1. The standard InChI is InChI=1S/C25H16I3OS/c26-21-13-16(14-22(27)25(21)28)15-29-17-9-11-18(12-10-17)30-23-7-3-1-5-19(23)20-6-2-4-8-24(20)30/h1-14H,15H2/q+1. The molecule has 4 aromatic carbocycles. The highest BCUT2D eigenvalue weighted by Gasteiger charge is 2.22. The average Bonchev–Trinajstić information content (AvgIpc) is 3.11. The van der Waals surface area contributed by atoms with Gasteiger partial charge in [-0.25, -0.2) is 0 Å². The van der Waals surface area contributed by atoms with Gasteiger partial charge in [-0.15, -0.1) is 0 Å². The molecule has 148 valence electrons. The molecule has 1 aromatic heterocycles. The highest BCUT2D eigenvalue weighted by atomic mass is 127. The topological polar surface area (TPSA) is 9.23 Å². The Bertz CT molecular complexity index is 1300. The largest absolute Gasteiger partial charge is 0.489 e. The van der Waals surface area contributed by atoms with Crippen molar-refractivity contribution in [3.05, 3.63) is 101 Å². The highest BCUT2D eigenvalue weighted by molar-refractivity contribution is 14.1. The minimum atomic E-state index is -0.0559. The van der Waals surface area contributed by atoms with Crippen molar-refractivity contribution in [3.63, 3.8) is 0 Å². The first-order valence-electron chi connectivity index (χ1n) is 9.41. The molecule has 0 saturated heterocycles. The molecule has 1 heterocycles. The van der Waals surface area contributed by atoms with Crippen LogP contribution >= 0.6 is 78.2 Å².